The van der Waals surface area contributed by atoms with Gasteiger partial charge in [-0.1, -0.05) is 12.1 Å². The van der Waals surface area contributed by atoms with Gasteiger partial charge in [-0.3, -0.25) is 0 Å². The number of nitrogens with zero attached hydrogens (tertiary/aromatic N) is 2. The molecule has 1 N–H and O–H groups in total. The predicted octanol–water partition coefficient (Wildman–Crippen LogP) is 3.26. The molecule has 0 atom stereocenters. The van der Waals surface area contributed by atoms with Crippen molar-refractivity contribution in [3.63, 3.8) is 0 Å². The molecule has 0 aliphatic carbocycles. The molecule has 2 aromatic rings. The highest BCUT2D eigenvalue weighted by Crippen LogP contribution is 2.31. The molecule has 1 aromatic heterocycles. The van der Waals surface area contributed by atoms with Crippen LogP contribution in [0.3, 0.4) is 0 Å². The molecule has 0 saturated heterocycles. The van der Waals surface area contributed by atoms with Gasteiger partial charge in [0.15, 0.2) is 0 Å². The van der Waals surface area contributed by atoms with Crippen LogP contribution in [0.15, 0.2) is 24.4 Å². The fraction of sp³-hybridized carbons (Fsp3) is 0.357. The van der Waals surface area contributed by atoms with Crippen molar-refractivity contribution in [2.75, 3.05) is 30.4 Å². The fourth-order valence-corrected chi connectivity index (χ4v) is 2.20. The zero-order valence-corrected chi connectivity index (χ0v) is 11.0. The first-order valence-corrected chi connectivity index (χ1v) is 6.22. The van der Waals surface area contributed by atoms with E-state index in [0.717, 1.165) is 24.2 Å². The van der Waals surface area contributed by atoms with Gasteiger partial charge in [0.1, 0.15) is 11.6 Å². The van der Waals surface area contributed by atoms with E-state index in [-0.39, 0.29) is 5.82 Å². The van der Waals surface area contributed by atoms with Crippen LogP contribution in [0.4, 0.5) is 15.9 Å². The summed E-state index contributed by atoms with van der Waals surface area (Å²) in [5.74, 6) is 0.492. The number of pyridine rings is 1. The summed E-state index contributed by atoms with van der Waals surface area (Å²) >= 11 is 0. The molecule has 0 aliphatic rings. The second-order valence-electron chi connectivity index (χ2n) is 4.08. The molecule has 0 saturated carbocycles. The first kappa shape index (κ1) is 12.6. The lowest BCUT2D eigenvalue weighted by atomic mass is 10.1. The third-order valence-corrected chi connectivity index (χ3v) is 3.18. The molecule has 1 aromatic carbocycles. The maximum Gasteiger partial charge on any atom is 0.139 e. The number of hydrogen-bond donors (Lipinski definition) is 1. The number of benzene rings is 1. The van der Waals surface area contributed by atoms with Gasteiger partial charge in [-0.15, -0.1) is 0 Å². The molecule has 0 aliphatic heterocycles. The highest BCUT2D eigenvalue weighted by molar-refractivity contribution is 6.00. The average molecular weight is 247 g/mol. The van der Waals surface area contributed by atoms with Gasteiger partial charge in [-0.25, -0.2) is 9.37 Å². The maximum absolute atomic E-state index is 14.1. The molecular weight excluding hydrogens is 229 g/mol. The quantitative estimate of drug-likeness (QED) is 0.898. The fourth-order valence-electron chi connectivity index (χ4n) is 2.20. The molecule has 2 rings (SSSR count). The Hall–Kier alpha value is -1.84. The molecule has 0 amide bonds. The number of anilines is 2. The van der Waals surface area contributed by atoms with Crippen molar-refractivity contribution in [1.29, 1.82) is 0 Å². The van der Waals surface area contributed by atoms with Crippen LogP contribution in [-0.2, 0) is 0 Å². The summed E-state index contributed by atoms with van der Waals surface area (Å²) in [6.45, 7) is 5.71. The first-order valence-electron chi connectivity index (χ1n) is 6.22. The van der Waals surface area contributed by atoms with Gasteiger partial charge in [0.05, 0.1) is 17.3 Å². The summed E-state index contributed by atoms with van der Waals surface area (Å²) in [6.07, 6.45) is 1.76. The Morgan fingerprint density at radius 2 is 2.00 bits per heavy atom. The highest BCUT2D eigenvalue weighted by Gasteiger charge is 2.14. The Morgan fingerprint density at radius 3 is 2.61 bits per heavy atom. The summed E-state index contributed by atoms with van der Waals surface area (Å²) in [7, 11) is 1.82. The summed E-state index contributed by atoms with van der Waals surface area (Å²) in [6, 6.07) is 5.12. The Labute approximate surface area is 107 Å². The molecule has 18 heavy (non-hydrogen) atoms. The number of nitrogens with one attached hydrogen (secondary N) is 1. The number of aromatic nitrogens is 1. The summed E-state index contributed by atoms with van der Waals surface area (Å²) in [5.41, 5.74) is 0.848. The third kappa shape index (κ3) is 1.98. The minimum absolute atomic E-state index is 0.223. The van der Waals surface area contributed by atoms with E-state index in [1.807, 2.05) is 27.0 Å². The zero-order chi connectivity index (χ0) is 13.1. The van der Waals surface area contributed by atoms with Crippen LogP contribution in [0.2, 0.25) is 0 Å². The van der Waals surface area contributed by atoms with Gasteiger partial charge >= 0.3 is 0 Å². The molecule has 1 heterocycles. The lowest BCUT2D eigenvalue weighted by molar-refractivity contribution is 0.639. The Balaban J connectivity index is 2.76. The van der Waals surface area contributed by atoms with E-state index < -0.39 is 0 Å². The molecule has 3 nitrogen and oxygen atoms in total. The van der Waals surface area contributed by atoms with Crippen LogP contribution in [0.1, 0.15) is 13.8 Å². The van der Waals surface area contributed by atoms with Gasteiger partial charge in [0.2, 0.25) is 0 Å². The number of fused-ring (bicyclic) bond motifs is 1. The van der Waals surface area contributed by atoms with E-state index in [0.29, 0.717) is 11.2 Å². The molecule has 96 valence electrons. The largest absolute Gasteiger partial charge is 0.386 e. The van der Waals surface area contributed by atoms with Gasteiger partial charge in [0, 0.05) is 25.5 Å². The number of hydrogen-bond acceptors (Lipinski definition) is 3. The second-order valence-corrected chi connectivity index (χ2v) is 4.08. The van der Waals surface area contributed by atoms with E-state index in [9.17, 15) is 4.39 Å². The van der Waals surface area contributed by atoms with Crippen LogP contribution in [-0.4, -0.2) is 25.1 Å². The minimum atomic E-state index is -0.223. The average Bonchev–Trinajstić information content (AvgIpc) is 2.40. The highest BCUT2D eigenvalue weighted by atomic mass is 19.1. The summed E-state index contributed by atoms with van der Waals surface area (Å²) < 4.78 is 14.1. The molecule has 0 fully saturated rings. The monoisotopic (exact) mass is 247 g/mol. The van der Waals surface area contributed by atoms with Crippen molar-refractivity contribution >= 4 is 22.3 Å². The molecule has 4 heteroatoms. The standard InChI is InChI=1S/C14H18FN3/c1-4-18(5-2)14-13-10(7-6-8-11(13)15)12(16-3)9-17-14/h6-9,16H,4-5H2,1-3H3. The van der Waals surface area contributed by atoms with Crippen LogP contribution < -0.4 is 10.2 Å². The summed E-state index contributed by atoms with van der Waals surface area (Å²) in [5, 5.41) is 4.51. The SMILES string of the molecule is CCN(CC)c1ncc(NC)c2cccc(F)c12. The minimum Gasteiger partial charge on any atom is -0.386 e. The van der Waals surface area contributed by atoms with Gasteiger partial charge in [0.25, 0.3) is 0 Å². The van der Waals surface area contributed by atoms with Crippen molar-refractivity contribution in [1.82, 2.24) is 4.98 Å². The Bertz CT molecular complexity index is 550. The second kappa shape index (κ2) is 5.21. The van der Waals surface area contributed by atoms with Crippen molar-refractivity contribution in [3.05, 3.63) is 30.2 Å². The van der Waals surface area contributed by atoms with Gasteiger partial charge < -0.3 is 10.2 Å². The van der Waals surface area contributed by atoms with Crippen molar-refractivity contribution < 1.29 is 4.39 Å². The topological polar surface area (TPSA) is 28.2 Å². The lowest BCUT2D eigenvalue weighted by Gasteiger charge is -2.22. The van der Waals surface area contributed by atoms with E-state index in [2.05, 4.69) is 15.2 Å². The molecule has 0 spiro atoms. The van der Waals surface area contributed by atoms with Crippen LogP contribution >= 0.6 is 0 Å². The smallest absolute Gasteiger partial charge is 0.139 e. The number of halogens is 1. The molecule has 0 bridgehead atoms. The Kier molecular flexibility index (Phi) is 3.65. The van der Waals surface area contributed by atoms with E-state index in [4.69, 9.17) is 0 Å². The first-order chi connectivity index (χ1) is 8.72. The normalized spacial score (nSPS) is 10.7. The maximum atomic E-state index is 14.1. The predicted molar refractivity (Wildman–Crippen MR) is 74.8 cm³/mol. The van der Waals surface area contributed by atoms with Gasteiger partial charge in [-0.2, -0.15) is 0 Å². The lowest BCUT2D eigenvalue weighted by Crippen LogP contribution is -2.23. The van der Waals surface area contributed by atoms with Crippen LogP contribution in [0.25, 0.3) is 10.8 Å². The van der Waals surface area contributed by atoms with Gasteiger partial charge in [-0.05, 0) is 19.9 Å². The molecular formula is C14H18FN3. The van der Waals surface area contributed by atoms with Crippen LogP contribution in [0, 0.1) is 5.82 Å². The zero-order valence-electron chi connectivity index (χ0n) is 11.0. The number of rotatable bonds is 4. The Morgan fingerprint density at radius 1 is 1.28 bits per heavy atom. The van der Waals surface area contributed by atoms with Crippen molar-refractivity contribution in [2.24, 2.45) is 0 Å². The van der Waals surface area contributed by atoms with E-state index in [1.54, 1.807) is 12.3 Å². The van der Waals surface area contributed by atoms with Crippen molar-refractivity contribution in [3.8, 4) is 0 Å². The third-order valence-electron chi connectivity index (χ3n) is 3.18. The van der Waals surface area contributed by atoms with E-state index >= 15 is 0 Å². The molecule has 0 unspecified atom stereocenters. The van der Waals surface area contributed by atoms with Crippen LogP contribution in [0.5, 0.6) is 0 Å². The van der Waals surface area contributed by atoms with E-state index in [1.165, 1.54) is 6.07 Å². The molecule has 0 radical (unpaired) electrons. The van der Waals surface area contributed by atoms with Crippen molar-refractivity contribution in [2.45, 2.75) is 13.8 Å². The summed E-state index contributed by atoms with van der Waals surface area (Å²) in [4.78, 5) is 6.46.